The van der Waals surface area contributed by atoms with Crippen molar-refractivity contribution in [2.24, 2.45) is 4.99 Å². The van der Waals surface area contributed by atoms with Gasteiger partial charge in [0.2, 0.25) is 5.91 Å². The molecule has 3 aliphatic rings. The number of amidine groups is 1. The van der Waals surface area contributed by atoms with Gasteiger partial charge in [0.1, 0.15) is 5.75 Å². The van der Waals surface area contributed by atoms with Gasteiger partial charge in [0.25, 0.3) is 0 Å². The van der Waals surface area contributed by atoms with E-state index in [-0.39, 0.29) is 18.9 Å². The zero-order valence-corrected chi connectivity index (χ0v) is 21.3. The summed E-state index contributed by atoms with van der Waals surface area (Å²) in [4.78, 5) is 35.6. The van der Waals surface area contributed by atoms with Crippen LogP contribution in [0.2, 0.25) is 0 Å². The highest BCUT2D eigenvalue weighted by Gasteiger charge is 2.43. The number of fused-ring (bicyclic) bond motifs is 1. The molecule has 2 aromatic carbocycles. The predicted octanol–water partition coefficient (Wildman–Crippen LogP) is 4.98. The van der Waals surface area contributed by atoms with Gasteiger partial charge in [-0.1, -0.05) is 60.3 Å². The van der Waals surface area contributed by atoms with Crippen molar-refractivity contribution in [1.29, 1.82) is 0 Å². The molecule has 0 aromatic heterocycles. The van der Waals surface area contributed by atoms with Crippen LogP contribution < -0.4 is 4.74 Å². The molecule has 1 unspecified atom stereocenters. The third-order valence-corrected chi connectivity index (χ3v) is 7.47. The topological polar surface area (TPSA) is 71.4 Å². The first kappa shape index (κ1) is 24.2. The van der Waals surface area contributed by atoms with Crippen LogP contribution in [0.15, 0.2) is 76.3 Å². The maximum atomic E-state index is 13.6. The largest absolute Gasteiger partial charge is 0.496 e. The maximum absolute atomic E-state index is 13.6. The number of hydrogen-bond donors (Lipinski definition) is 0. The molecule has 1 saturated heterocycles. The van der Waals surface area contributed by atoms with E-state index in [9.17, 15) is 9.59 Å². The van der Waals surface area contributed by atoms with Gasteiger partial charge in [-0.15, -0.1) is 0 Å². The van der Waals surface area contributed by atoms with Gasteiger partial charge >= 0.3 is 5.97 Å². The monoisotopic (exact) mass is 503 g/mol. The van der Waals surface area contributed by atoms with Crippen LogP contribution in [0.5, 0.6) is 5.75 Å². The van der Waals surface area contributed by atoms with Crippen LogP contribution in [0.3, 0.4) is 0 Å². The second-order valence-electron chi connectivity index (χ2n) is 8.75. The Labute approximate surface area is 215 Å². The zero-order valence-electron chi connectivity index (χ0n) is 20.5. The fourth-order valence-electron chi connectivity index (χ4n) is 4.91. The van der Waals surface area contributed by atoms with Crippen molar-refractivity contribution >= 4 is 34.5 Å². The molecule has 7 nitrogen and oxygen atoms in total. The molecule has 0 radical (unpaired) electrons. The van der Waals surface area contributed by atoms with E-state index >= 15 is 0 Å². The summed E-state index contributed by atoms with van der Waals surface area (Å²) in [5.41, 5.74) is 3.46. The number of carbonyl (C=O) groups is 2. The van der Waals surface area contributed by atoms with E-state index in [2.05, 4.69) is 0 Å². The van der Waals surface area contributed by atoms with Gasteiger partial charge in [0, 0.05) is 29.9 Å². The number of amides is 1. The molecule has 2 aromatic rings. The normalized spacial score (nSPS) is 19.1. The zero-order chi connectivity index (χ0) is 25.1. The molecular weight excluding hydrogens is 474 g/mol. The molecule has 0 aliphatic carbocycles. The highest BCUT2D eigenvalue weighted by atomic mass is 32.2. The van der Waals surface area contributed by atoms with Gasteiger partial charge < -0.3 is 19.3 Å². The van der Waals surface area contributed by atoms with Gasteiger partial charge in [-0.2, -0.15) is 0 Å². The number of esters is 1. The van der Waals surface area contributed by atoms with Crippen molar-refractivity contribution in [3.05, 3.63) is 82.4 Å². The molecule has 0 saturated carbocycles. The van der Waals surface area contributed by atoms with E-state index in [4.69, 9.17) is 14.5 Å². The number of nitrogens with zero attached hydrogens (tertiary/aromatic N) is 3. The van der Waals surface area contributed by atoms with Gasteiger partial charge in [0.15, 0.2) is 5.17 Å². The molecule has 1 fully saturated rings. The van der Waals surface area contributed by atoms with Crippen molar-refractivity contribution in [3.8, 4) is 5.75 Å². The highest BCUT2D eigenvalue weighted by Crippen LogP contribution is 2.48. The second kappa shape index (κ2) is 10.6. The number of hydrogen-bond acceptors (Lipinski definition) is 7. The first-order valence-corrected chi connectivity index (χ1v) is 13.1. The Bertz CT molecular complexity index is 1250. The van der Waals surface area contributed by atoms with E-state index in [1.807, 2.05) is 69.8 Å². The fourth-order valence-corrected chi connectivity index (χ4v) is 5.83. The number of likely N-dealkylation sites (tertiary alicyclic amines) is 1. The van der Waals surface area contributed by atoms with Gasteiger partial charge in [0.05, 0.1) is 37.4 Å². The lowest BCUT2D eigenvalue weighted by Gasteiger charge is -2.37. The van der Waals surface area contributed by atoms with Crippen LogP contribution in [0.4, 0.5) is 0 Å². The number of carbonyl (C=O) groups excluding carboxylic acids is 2. The summed E-state index contributed by atoms with van der Waals surface area (Å²) in [6.45, 7) is 3.62. The minimum Gasteiger partial charge on any atom is -0.496 e. The van der Waals surface area contributed by atoms with Crippen LogP contribution in [0, 0.1) is 0 Å². The van der Waals surface area contributed by atoms with Crippen LogP contribution in [-0.4, -0.2) is 53.7 Å². The summed E-state index contributed by atoms with van der Waals surface area (Å²) >= 11 is 1.47. The number of rotatable bonds is 7. The number of benzene rings is 2. The summed E-state index contributed by atoms with van der Waals surface area (Å²) in [7, 11) is 1.62. The lowest BCUT2D eigenvalue weighted by atomic mass is 9.91. The van der Waals surface area contributed by atoms with Crippen molar-refractivity contribution in [2.75, 3.05) is 26.8 Å². The van der Waals surface area contributed by atoms with E-state index in [0.717, 1.165) is 47.9 Å². The SMILES string of the molecule is CCOC(=O)C1=C(c2ccccc2)N=C2SC=C(CC(=O)N3CCCC3)N2C1c1ccccc1OC. The average Bonchev–Trinajstić information content (AvgIpc) is 3.59. The summed E-state index contributed by atoms with van der Waals surface area (Å²) in [5, 5.41) is 2.70. The van der Waals surface area contributed by atoms with Crippen molar-refractivity contribution in [1.82, 2.24) is 9.80 Å². The summed E-state index contributed by atoms with van der Waals surface area (Å²) in [6, 6.07) is 16.8. The maximum Gasteiger partial charge on any atom is 0.338 e. The number of ether oxygens (including phenoxy) is 2. The quantitative estimate of drug-likeness (QED) is 0.496. The summed E-state index contributed by atoms with van der Waals surface area (Å²) in [6.07, 6.45) is 2.32. The van der Waals surface area contributed by atoms with Crippen LogP contribution in [0.1, 0.15) is 43.4 Å². The molecular formula is C28H29N3O4S. The summed E-state index contributed by atoms with van der Waals surface area (Å²) < 4.78 is 11.3. The number of aliphatic imine (C=N–C) groups is 1. The Hall–Kier alpha value is -3.52. The number of thioether (sulfide) groups is 1. The van der Waals surface area contributed by atoms with Crippen molar-refractivity contribution < 1.29 is 19.1 Å². The predicted molar refractivity (Wildman–Crippen MR) is 141 cm³/mol. The molecule has 0 spiro atoms. The van der Waals surface area contributed by atoms with Gasteiger partial charge in [-0.25, -0.2) is 9.79 Å². The van der Waals surface area contributed by atoms with E-state index in [0.29, 0.717) is 17.0 Å². The summed E-state index contributed by atoms with van der Waals surface area (Å²) in [5.74, 6) is 0.312. The molecule has 0 bridgehead atoms. The number of methoxy groups -OCH3 is 1. The fraction of sp³-hybridized carbons (Fsp3) is 0.321. The van der Waals surface area contributed by atoms with Crippen molar-refractivity contribution in [3.63, 3.8) is 0 Å². The Morgan fingerprint density at radius 3 is 2.50 bits per heavy atom. The third kappa shape index (κ3) is 4.53. The Kier molecular flexibility index (Phi) is 7.13. The lowest BCUT2D eigenvalue weighted by molar-refractivity contribution is -0.139. The number of para-hydroxylation sites is 1. The van der Waals surface area contributed by atoms with Gasteiger partial charge in [-0.05, 0) is 31.2 Å². The Balaban J connectivity index is 1.65. The van der Waals surface area contributed by atoms with Crippen LogP contribution in [-0.2, 0) is 14.3 Å². The standard InChI is InChI=1S/C28H29N3O4S/c1-3-35-27(33)24-25(19-11-5-4-6-12-19)29-28-31(26(24)21-13-7-8-14-22(21)34-2)20(18-36-28)17-23(32)30-15-9-10-16-30/h4-8,11-14,18,26H,3,9-10,15-17H2,1-2H3. The first-order chi connectivity index (χ1) is 17.6. The molecule has 3 aliphatic heterocycles. The van der Waals surface area contributed by atoms with Crippen molar-refractivity contribution in [2.45, 2.75) is 32.2 Å². The molecule has 0 N–H and O–H groups in total. The molecule has 1 atom stereocenters. The molecule has 186 valence electrons. The van der Waals surface area contributed by atoms with Crippen LogP contribution in [0.25, 0.3) is 5.70 Å². The molecule has 3 heterocycles. The Morgan fingerprint density at radius 1 is 1.06 bits per heavy atom. The third-order valence-electron chi connectivity index (χ3n) is 6.58. The first-order valence-electron chi connectivity index (χ1n) is 12.2. The lowest BCUT2D eigenvalue weighted by Crippen LogP contribution is -2.38. The molecule has 1 amide bonds. The molecule has 36 heavy (non-hydrogen) atoms. The van der Waals surface area contributed by atoms with E-state index < -0.39 is 12.0 Å². The molecule has 8 heteroatoms. The van der Waals surface area contributed by atoms with Gasteiger partial charge in [-0.3, -0.25) is 4.79 Å². The van der Waals surface area contributed by atoms with E-state index in [1.165, 1.54) is 11.8 Å². The average molecular weight is 504 g/mol. The smallest absolute Gasteiger partial charge is 0.338 e. The second-order valence-corrected chi connectivity index (χ2v) is 9.59. The minimum absolute atomic E-state index is 0.0925. The molecule has 5 rings (SSSR count). The highest BCUT2D eigenvalue weighted by molar-refractivity contribution is 8.16. The minimum atomic E-state index is -0.560. The van der Waals surface area contributed by atoms with Crippen LogP contribution >= 0.6 is 11.8 Å². The van der Waals surface area contributed by atoms with E-state index in [1.54, 1.807) is 14.0 Å². The Morgan fingerprint density at radius 2 is 1.78 bits per heavy atom.